The third-order valence-electron chi connectivity index (χ3n) is 3.42. The van der Waals surface area contributed by atoms with E-state index in [0.29, 0.717) is 13.2 Å². The van der Waals surface area contributed by atoms with Gasteiger partial charge in [-0.05, 0) is 32.0 Å². The van der Waals surface area contributed by atoms with Crippen molar-refractivity contribution in [3.8, 4) is 22.8 Å². The number of imidazole rings is 1. The van der Waals surface area contributed by atoms with Crippen LogP contribution in [0.4, 0.5) is 0 Å². The minimum Gasteiger partial charge on any atom is -0.486 e. The molecule has 1 aliphatic heterocycles. The van der Waals surface area contributed by atoms with Crippen LogP contribution in [0.15, 0.2) is 41.7 Å². The van der Waals surface area contributed by atoms with Gasteiger partial charge >= 0.3 is 0 Å². The van der Waals surface area contributed by atoms with Crippen molar-refractivity contribution in [3.05, 3.63) is 36.5 Å². The third kappa shape index (κ3) is 2.99. The maximum atomic E-state index is 5.67. The zero-order valence-corrected chi connectivity index (χ0v) is 13.8. The summed E-state index contributed by atoms with van der Waals surface area (Å²) in [4.78, 5) is 4.56. The lowest BCUT2D eigenvalue weighted by atomic mass is 10.1. The van der Waals surface area contributed by atoms with Gasteiger partial charge in [0.15, 0.2) is 16.7 Å². The second-order valence-corrected chi connectivity index (χ2v) is 6.22. The first-order valence-corrected chi connectivity index (χ1v) is 8.40. The van der Waals surface area contributed by atoms with E-state index < -0.39 is 0 Å². The zero-order valence-electron chi connectivity index (χ0n) is 13.0. The molecule has 116 valence electrons. The molecular formula is C17H20N2O2S. The molecule has 1 aromatic heterocycles. The van der Waals surface area contributed by atoms with Crippen molar-refractivity contribution in [2.24, 2.45) is 0 Å². The second-order valence-electron chi connectivity index (χ2n) is 5.27. The lowest BCUT2D eigenvalue weighted by Crippen LogP contribution is -2.15. The standard InChI is InChI=1S/C17H20N2O2S/c1-4-19-14(10-18-17(19)22-11-12(2)3)13-5-6-15-16(9-13)21-8-7-20-15/h5-6,9-10H,2,4,7-8,11H2,1,3H3. The monoisotopic (exact) mass is 316 g/mol. The number of nitrogens with zero attached hydrogens (tertiary/aromatic N) is 2. The molecule has 0 N–H and O–H groups in total. The molecule has 0 amide bonds. The summed E-state index contributed by atoms with van der Waals surface area (Å²) >= 11 is 1.72. The molecule has 2 heterocycles. The number of hydrogen-bond donors (Lipinski definition) is 0. The van der Waals surface area contributed by atoms with Crippen LogP contribution < -0.4 is 9.47 Å². The van der Waals surface area contributed by atoms with Crippen LogP contribution in [-0.4, -0.2) is 28.5 Å². The molecule has 1 aliphatic rings. The lowest BCUT2D eigenvalue weighted by Gasteiger charge is -2.19. The minimum absolute atomic E-state index is 0.600. The molecule has 0 fully saturated rings. The van der Waals surface area contributed by atoms with Gasteiger partial charge in [0.2, 0.25) is 0 Å². The first-order valence-electron chi connectivity index (χ1n) is 7.41. The van der Waals surface area contributed by atoms with Gasteiger partial charge in [0.25, 0.3) is 0 Å². The van der Waals surface area contributed by atoms with Crippen LogP contribution >= 0.6 is 11.8 Å². The molecule has 0 saturated heterocycles. The highest BCUT2D eigenvalue weighted by Gasteiger charge is 2.16. The Morgan fingerprint density at radius 2 is 2.09 bits per heavy atom. The minimum atomic E-state index is 0.600. The molecule has 3 rings (SSSR count). The molecule has 5 heteroatoms. The fourth-order valence-corrected chi connectivity index (χ4v) is 3.29. The molecule has 0 spiro atoms. The summed E-state index contributed by atoms with van der Waals surface area (Å²) in [7, 11) is 0. The summed E-state index contributed by atoms with van der Waals surface area (Å²) in [5.74, 6) is 2.51. The van der Waals surface area contributed by atoms with Gasteiger partial charge in [0.05, 0.1) is 11.9 Å². The Kier molecular flexibility index (Phi) is 4.43. The quantitative estimate of drug-likeness (QED) is 0.617. The summed E-state index contributed by atoms with van der Waals surface area (Å²) in [6.45, 7) is 10.2. The van der Waals surface area contributed by atoms with Crippen molar-refractivity contribution in [2.75, 3.05) is 19.0 Å². The normalized spacial score (nSPS) is 13.2. The predicted octanol–water partition coefficient (Wildman–Crippen LogP) is 4.01. The van der Waals surface area contributed by atoms with Crippen LogP contribution in [-0.2, 0) is 6.54 Å². The summed E-state index contributed by atoms with van der Waals surface area (Å²) in [5.41, 5.74) is 3.35. The van der Waals surface area contributed by atoms with Gasteiger partial charge in [-0.15, -0.1) is 0 Å². The summed E-state index contributed by atoms with van der Waals surface area (Å²) in [5, 5.41) is 1.02. The van der Waals surface area contributed by atoms with Gasteiger partial charge in [-0.3, -0.25) is 0 Å². The van der Waals surface area contributed by atoms with Crippen molar-refractivity contribution in [2.45, 2.75) is 25.5 Å². The van der Waals surface area contributed by atoms with Crippen LogP contribution in [0.3, 0.4) is 0 Å². The topological polar surface area (TPSA) is 36.3 Å². The van der Waals surface area contributed by atoms with Crippen LogP contribution in [0.5, 0.6) is 11.5 Å². The van der Waals surface area contributed by atoms with E-state index in [1.54, 1.807) is 11.8 Å². The fraction of sp³-hybridized carbons (Fsp3) is 0.353. The maximum Gasteiger partial charge on any atom is 0.168 e. The highest BCUT2D eigenvalue weighted by molar-refractivity contribution is 7.99. The van der Waals surface area contributed by atoms with E-state index in [4.69, 9.17) is 9.47 Å². The number of aromatic nitrogens is 2. The molecule has 0 bridgehead atoms. The highest BCUT2D eigenvalue weighted by Crippen LogP contribution is 2.35. The lowest BCUT2D eigenvalue weighted by molar-refractivity contribution is 0.171. The Morgan fingerprint density at radius 3 is 2.82 bits per heavy atom. The van der Waals surface area contributed by atoms with E-state index in [1.807, 2.05) is 25.3 Å². The number of hydrogen-bond acceptors (Lipinski definition) is 4. The smallest absolute Gasteiger partial charge is 0.168 e. The summed E-state index contributed by atoms with van der Waals surface area (Å²) < 4.78 is 13.5. The Labute approximate surface area is 135 Å². The van der Waals surface area contributed by atoms with E-state index >= 15 is 0 Å². The van der Waals surface area contributed by atoms with E-state index in [2.05, 4.69) is 29.1 Å². The molecule has 0 aliphatic carbocycles. The third-order valence-corrected chi connectivity index (χ3v) is 4.64. The number of ether oxygens (including phenoxy) is 2. The SMILES string of the molecule is C=C(C)CSc1ncc(-c2ccc3c(c2)OCCO3)n1CC. The molecule has 22 heavy (non-hydrogen) atoms. The van der Waals surface area contributed by atoms with Crippen molar-refractivity contribution >= 4 is 11.8 Å². The second kappa shape index (κ2) is 6.48. The molecular weight excluding hydrogens is 296 g/mol. The Balaban J connectivity index is 1.92. The van der Waals surface area contributed by atoms with Gasteiger partial charge in [-0.25, -0.2) is 4.98 Å². The molecule has 0 saturated carbocycles. The van der Waals surface area contributed by atoms with Gasteiger partial charge in [0, 0.05) is 17.9 Å². The largest absolute Gasteiger partial charge is 0.486 e. The fourth-order valence-electron chi connectivity index (χ4n) is 2.40. The molecule has 0 unspecified atom stereocenters. The zero-order chi connectivity index (χ0) is 15.5. The molecule has 1 aromatic carbocycles. The first-order chi connectivity index (χ1) is 10.7. The Morgan fingerprint density at radius 1 is 1.32 bits per heavy atom. The van der Waals surface area contributed by atoms with Crippen LogP contribution in [0.2, 0.25) is 0 Å². The highest BCUT2D eigenvalue weighted by atomic mass is 32.2. The van der Waals surface area contributed by atoms with Gasteiger partial charge in [-0.1, -0.05) is 23.9 Å². The van der Waals surface area contributed by atoms with Crippen LogP contribution in [0.1, 0.15) is 13.8 Å². The number of thioether (sulfide) groups is 1. The van der Waals surface area contributed by atoms with Crippen molar-refractivity contribution < 1.29 is 9.47 Å². The summed E-state index contributed by atoms with van der Waals surface area (Å²) in [6.07, 6.45) is 1.93. The Hall–Kier alpha value is -1.88. The van der Waals surface area contributed by atoms with E-state index in [0.717, 1.165) is 45.8 Å². The number of benzene rings is 1. The van der Waals surface area contributed by atoms with Crippen molar-refractivity contribution in [3.63, 3.8) is 0 Å². The predicted molar refractivity (Wildman–Crippen MR) is 89.9 cm³/mol. The average molecular weight is 316 g/mol. The van der Waals surface area contributed by atoms with Gasteiger partial charge in [-0.2, -0.15) is 0 Å². The number of rotatable bonds is 5. The van der Waals surface area contributed by atoms with E-state index in [1.165, 1.54) is 0 Å². The van der Waals surface area contributed by atoms with Gasteiger partial charge < -0.3 is 14.0 Å². The van der Waals surface area contributed by atoms with Crippen molar-refractivity contribution in [1.82, 2.24) is 9.55 Å². The first kappa shape index (κ1) is 15.0. The maximum absolute atomic E-state index is 5.67. The Bertz CT molecular complexity index is 694. The van der Waals surface area contributed by atoms with Crippen LogP contribution in [0.25, 0.3) is 11.3 Å². The molecule has 4 nitrogen and oxygen atoms in total. The molecule has 2 aromatic rings. The van der Waals surface area contributed by atoms with Crippen molar-refractivity contribution in [1.29, 1.82) is 0 Å². The average Bonchev–Trinajstić information content (AvgIpc) is 2.95. The van der Waals surface area contributed by atoms with E-state index in [9.17, 15) is 0 Å². The molecule has 0 atom stereocenters. The van der Waals surface area contributed by atoms with Gasteiger partial charge in [0.1, 0.15) is 13.2 Å². The van der Waals surface area contributed by atoms with Crippen LogP contribution in [0, 0.1) is 0 Å². The number of fused-ring (bicyclic) bond motifs is 1. The molecule has 0 radical (unpaired) electrons. The van der Waals surface area contributed by atoms with E-state index in [-0.39, 0.29) is 0 Å². The summed E-state index contributed by atoms with van der Waals surface area (Å²) in [6, 6.07) is 6.06.